The van der Waals surface area contributed by atoms with E-state index in [1.54, 1.807) is 12.4 Å². The second-order valence-electron chi connectivity index (χ2n) is 10.3. The van der Waals surface area contributed by atoms with E-state index in [2.05, 4.69) is 31.9 Å². The standard InChI is InChI=1S/C28H28N6O2/c35-27(31-20-5-6-20)19-3-1-2-17(12-19)18-4-7-22-21(13-18)26(34-33-22)23-14-30-16-25(32-23)36-24-15-29-11-10-28(24)8-9-28/h1-4,7,12-14,16,20,24,29H,5-6,8-11,15H2,(H,31,35)(H,33,34)/t24-/m0/s1. The topological polar surface area (TPSA) is 105 Å². The SMILES string of the molecule is O=C(NC1CC1)c1cccc(-c2ccc3[nH]nc(-c4cncc(O[C@H]5CNCCC56CC6)n4)c3c2)c1. The lowest BCUT2D eigenvalue weighted by atomic mass is 9.92. The van der Waals surface area contributed by atoms with Gasteiger partial charge in [-0.25, -0.2) is 4.98 Å². The maximum absolute atomic E-state index is 12.6. The van der Waals surface area contributed by atoms with Gasteiger partial charge < -0.3 is 15.4 Å². The van der Waals surface area contributed by atoms with Crippen LogP contribution in [0.4, 0.5) is 0 Å². The highest BCUT2D eigenvalue weighted by atomic mass is 16.5. The molecule has 2 aromatic carbocycles. The van der Waals surface area contributed by atoms with Gasteiger partial charge in [0.25, 0.3) is 5.91 Å². The minimum Gasteiger partial charge on any atom is -0.471 e. The molecule has 2 aromatic heterocycles. The van der Waals surface area contributed by atoms with Crippen LogP contribution in [-0.2, 0) is 0 Å². The van der Waals surface area contributed by atoms with E-state index in [1.165, 1.54) is 12.8 Å². The molecule has 8 heteroatoms. The predicted molar refractivity (Wildman–Crippen MR) is 137 cm³/mol. The van der Waals surface area contributed by atoms with Crippen molar-refractivity contribution in [3.8, 4) is 28.4 Å². The number of hydrogen-bond acceptors (Lipinski definition) is 6. The zero-order valence-corrected chi connectivity index (χ0v) is 20.0. The predicted octanol–water partition coefficient (Wildman–Crippen LogP) is 4.10. The van der Waals surface area contributed by atoms with E-state index in [0.717, 1.165) is 60.1 Å². The quantitative estimate of drug-likeness (QED) is 0.384. The molecular weight excluding hydrogens is 452 g/mol. The van der Waals surface area contributed by atoms with Gasteiger partial charge in [0.05, 0.1) is 17.9 Å². The summed E-state index contributed by atoms with van der Waals surface area (Å²) in [6.45, 7) is 1.90. The Morgan fingerprint density at radius 2 is 1.94 bits per heavy atom. The first-order chi connectivity index (χ1) is 17.7. The summed E-state index contributed by atoms with van der Waals surface area (Å²) < 4.78 is 6.33. The summed E-state index contributed by atoms with van der Waals surface area (Å²) >= 11 is 0. The number of nitrogens with zero attached hydrogens (tertiary/aromatic N) is 3. The third-order valence-corrected chi connectivity index (χ3v) is 7.76. The lowest BCUT2D eigenvalue weighted by Gasteiger charge is -2.32. The van der Waals surface area contributed by atoms with Gasteiger partial charge in [-0.3, -0.25) is 14.9 Å². The summed E-state index contributed by atoms with van der Waals surface area (Å²) in [5.74, 6) is 0.520. The number of benzene rings is 2. The monoisotopic (exact) mass is 480 g/mol. The van der Waals surface area contributed by atoms with Gasteiger partial charge in [-0.1, -0.05) is 18.2 Å². The largest absolute Gasteiger partial charge is 0.471 e. The van der Waals surface area contributed by atoms with Crippen LogP contribution in [0.15, 0.2) is 54.9 Å². The second kappa shape index (κ2) is 8.41. The highest BCUT2D eigenvalue weighted by molar-refractivity contribution is 5.97. The molecule has 0 unspecified atom stereocenters. The van der Waals surface area contributed by atoms with Crippen molar-refractivity contribution in [3.05, 3.63) is 60.4 Å². The van der Waals surface area contributed by atoms with Crippen LogP contribution in [0.3, 0.4) is 0 Å². The number of piperidine rings is 1. The van der Waals surface area contributed by atoms with Crippen molar-refractivity contribution in [2.45, 2.75) is 44.2 Å². The number of aromatic amines is 1. The highest BCUT2D eigenvalue weighted by Crippen LogP contribution is 2.53. The first-order valence-electron chi connectivity index (χ1n) is 12.8. The van der Waals surface area contributed by atoms with Gasteiger partial charge in [-0.05, 0) is 74.0 Å². The van der Waals surface area contributed by atoms with E-state index in [4.69, 9.17) is 9.72 Å². The van der Waals surface area contributed by atoms with Gasteiger partial charge in [0, 0.05) is 29.0 Å². The minimum absolute atomic E-state index is 0.0161. The number of ether oxygens (including phenoxy) is 1. The van der Waals surface area contributed by atoms with Gasteiger partial charge in [0.1, 0.15) is 17.5 Å². The van der Waals surface area contributed by atoms with Gasteiger partial charge in [-0.15, -0.1) is 0 Å². The first kappa shape index (κ1) is 21.5. The number of nitrogens with one attached hydrogen (secondary N) is 3. The molecule has 182 valence electrons. The molecule has 1 spiro atoms. The maximum Gasteiger partial charge on any atom is 0.251 e. The first-order valence-corrected chi connectivity index (χ1v) is 12.8. The van der Waals surface area contributed by atoms with Gasteiger partial charge >= 0.3 is 0 Å². The second-order valence-corrected chi connectivity index (χ2v) is 10.3. The van der Waals surface area contributed by atoms with Crippen molar-refractivity contribution in [1.29, 1.82) is 0 Å². The molecule has 1 amide bonds. The molecule has 3 fully saturated rings. The number of aromatic nitrogens is 4. The lowest BCUT2D eigenvalue weighted by Crippen LogP contribution is -2.45. The summed E-state index contributed by atoms with van der Waals surface area (Å²) in [6, 6.07) is 14.2. The molecule has 1 saturated heterocycles. The summed E-state index contributed by atoms with van der Waals surface area (Å²) in [6.07, 6.45) is 9.28. The molecule has 3 aliphatic rings. The van der Waals surface area contributed by atoms with Gasteiger partial charge in [0.15, 0.2) is 0 Å². The number of hydrogen-bond donors (Lipinski definition) is 3. The van der Waals surface area contributed by atoms with Crippen LogP contribution in [0.2, 0.25) is 0 Å². The van der Waals surface area contributed by atoms with Crippen LogP contribution in [-0.4, -0.2) is 51.3 Å². The Hall–Kier alpha value is -3.78. The summed E-state index contributed by atoms with van der Waals surface area (Å²) in [5, 5.41) is 15.1. The van der Waals surface area contributed by atoms with Crippen LogP contribution in [0, 0.1) is 5.41 Å². The van der Waals surface area contributed by atoms with Crippen molar-refractivity contribution < 1.29 is 9.53 Å². The third-order valence-electron chi connectivity index (χ3n) is 7.76. The molecule has 1 aliphatic heterocycles. The number of fused-ring (bicyclic) bond motifs is 1. The highest BCUT2D eigenvalue weighted by Gasteiger charge is 2.52. The molecule has 7 rings (SSSR count). The number of rotatable bonds is 6. The Morgan fingerprint density at radius 3 is 2.81 bits per heavy atom. The molecule has 3 heterocycles. The molecule has 2 saturated carbocycles. The fourth-order valence-electron chi connectivity index (χ4n) is 5.24. The van der Waals surface area contributed by atoms with Gasteiger partial charge in [0.2, 0.25) is 5.88 Å². The fraction of sp³-hybridized carbons (Fsp3) is 0.357. The molecular formula is C28H28N6O2. The number of carbonyl (C=O) groups excluding carboxylic acids is 1. The van der Waals surface area contributed by atoms with E-state index >= 15 is 0 Å². The minimum atomic E-state index is -0.0161. The van der Waals surface area contributed by atoms with Crippen LogP contribution in [0.25, 0.3) is 33.4 Å². The third kappa shape index (κ3) is 4.01. The summed E-state index contributed by atoms with van der Waals surface area (Å²) in [4.78, 5) is 21.7. The Kier molecular flexibility index (Phi) is 5.02. The maximum atomic E-state index is 12.6. The molecule has 8 nitrogen and oxygen atoms in total. The van der Waals surface area contributed by atoms with Crippen molar-refractivity contribution in [2.24, 2.45) is 5.41 Å². The molecule has 2 aliphatic carbocycles. The molecule has 4 aromatic rings. The van der Waals surface area contributed by atoms with Crippen molar-refractivity contribution in [2.75, 3.05) is 13.1 Å². The van der Waals surface area contributed by atoms with Crippen LogP contribution in [0.5, 0.6) is 5.88 Å². The number of amides is 1. The van der Waals surface area contributed by atoms with E-state index in [0.29, 0.717) is 28.6 Å². The van der Waals surface area contributed by atoms with E-state index < -0.39 is 0 Å². The zero-order valence-electron chi connectivity index (χ0n) is 20.0. The van der Waals surface area contributed by atoms with E-state index in [1.807, 2.05) is 36.4 Å². The fourth-order valence-corrected chi connectivity index (χ4v) is 5.24. The van der Waals surface area contributed by atoms with E-state index in [-0.39, 0.29) is 12.0 Å². The number of carbonyl (C=O) groups is 1. The molecule has 0 bridgehead atoms. The lowest BCUT2D eigenvalue weighted by molar-refractivity contribution is 0.0844. The molecule has 36 heavy (non-hydrogen) atoms. The normalized spacial score (nSPS) is 20.4. The molecule has 0 radical (unpaired) electrons. The summed E-state index contributed by atoms with van der Waals surface area (Å²) in [7, 11) is 0. The van der Waals surface area contributed by atoms with Gasteiger partial charge in [-0.2, -0.15) is 5.10 Å². The zero-order chi connectivity index (χ0) is 24.1. The van der Waals surface area contributed by atoms with Crippen LogP contribution in [0.1, 0.15) is 42.5 Å². The van der Waals surface area contributed by atoms with Crippen LogP contribution >= 0.6 is 0 Å². The summed E-state index contributed by atoms with van der Waals surface area (Å²) in [5.41, 5.74) is 5.29. The molecule has 3 N–H and O–H groups in total. The Morgan fingerprint density at radius 1 is 1.06 bits per heavy atom. The smallest absolute Gasteiger partial charge is 0.251 e. The Balaban J connectivity index is 1.18. The number of H-pyrrole nitrogens is 1. The molecule has 1 atom stereocenters. The van der Waals surface area contributed by atoms with E-state index in [9.17, 15) is 4.79 Å². The Labute approximate surface area is 208 Å². The van der Waals surface area contributed by atoms with Crippen molar-refractivity contribution in [1.82, 2.24) is 30.8 Å². The van der Waals surface area contributed by atoms with Crippen molar-refractivity contribution >= 4 is 16.8 Å². The van der Waals surface area contributed by atoms with Crippen LogP contribution < -0.4 is 15.4 Å². The van der Waals surface area contributed by atoms with Crippen molar-refractivity contribution in [3.63, 3.8) is 0 Å². The average molecular weight is 481 g/mol. The average Bonchev–Trinajstić information content (AvgIpc) is 3.84. The Bertz CT molecular complexity index is 1460.